The number of nitrogen functional groups attached to an aromatic ring is 1. The molecule has 1 aliphatic rings. The fourth-order valence-corrected chi connectivity index (χ4v) is 3.80. The molecule has 2 heterocycles. The molecule has 1 aliphatic heterocycles. The molecule has 2 rings (SSSR count). The molecule has 1 saturated heterocycles. The van der Waals surface area contributed by atoms with Crippen molar-refractivity contribution in [3.8, 4) is 6.07 Å². The lowest BCUT2D eigenvalue weighted by Crippen LogP contribution is -2.41. The number of nitrogens with two attached hydrogens (primary N) is 1. The fraction of sp³-hybridized carbons (Fsp3) is 0.571. The molecular weight excluding hydrogens is 286 g/mol. The van der Waals surface area contributed by atoms with E-state index in [0.29, 0.717) is 22.2 Å². The van der Waals surface area contributed by atoms with Crippen LogP contribution in [0.2, 0.25) is 0 Å². The highest BCUT2D eigenvalue weighted by atomic mass is 32.1. The van der Waals surface area contributed by atoms with Crippen LogP contribution >= 0.6 is 11.3 Å². The Bertz CT molecular complexity index is 567. The van der Waals surface area contributed by atoms with Crippen LogP contribution in [0.15, 0.2) is 0 Å². The number of carbonyl (C=O) groups excluding carboxylic acids is 1. The lowest BCUT2D eigenvalue weighted by molar-refractivity contribution is 0.0968. The summed E-state index contributed by atoms with van der Waals surface area (Å²) in [6, 6.07) is 2.72. The van der Waals surface area contributed by atoms with Gasteiger partial charge in [-0.2, -0.15) is 5.26 Å². The number of amides is 1. The Kier molecular flexibility index (Phi) is 4.70. The molecular formula is C14H21N5OS. The van der Waals surface area contributed by atoms with Crippen molar-refractivity contribution in [2.75, 3.05) is 44.9 Å². The van der Waals surface area contributed by atoms with E-state index in [2.05, 4.69) is 35.3 Å². The number of nitrogens with zero attached hydrogens (tertiary/aromatic N) is 3. The third-order valence-electron chi connectivity index (χ3n) is 3.95. The molecule has 0 saturated carbocycles. The Balaban J connectivity index is 2.25. The standard InChI is InChI=1S/C14H21N5OS/c1-17-13(20)12-11(16)10(8-15)14(21-12)19-6-4-9(5-7-19)18(2)3/h9H,4-7,16H2,1-3H3,(H,17,20). The van der Waals surface area contributed by atoms with Gasteiger partial charge in [0.2, 0.25) is 0 Å². The van der Waals surface area contributed by atoms with E-state index >= 15 is 0 Å². The third kappa shape index (κ3) is 2.96. The zero-order valence-corrected chi connectivity index (χ0v) is 13.5. The van der Waals surface area contributed by atoms with Gasteiger partial charge in [-0.25, -0.2) is 0 Å². The van der Waals surface area contributed by atoms with Gasteiger partial charge in [0.25, 0.3) is 5.91 Å². The summed E-state index contributed by atoms with van der Waals surface area (Å²) in [6.07, 6.45) is 2.09. The van der Waals surface area contributed by atoms with Gasteiger partial charge in [-0.3, -0.25) is 4.79 Å². The first-order valence-corrected chi connectivity index (χ1v) is 7.77. The summed E-state index contributed by atoms with van der Waals surface area (Å²) in [7, 11) is 5.75. The van der Waals surface area contributed by atoms with E-state index in [0.717, 1.165) is 30.9 Å². The van der Waals surface area contributed by atoms with Crippen LogP contribution in [0.4, 0.5) is 10.7 Å². The molecule has 0 unspecified atom stereocenters. The van der Waals surface area contributed by atoms with Gasteiger partial charge in [-0.15, -0.1) is 11.3 Å². The molecule has 1 aromatic rings. The quantitative estimate of drug-likeness (QED) is 0.873. The normalized spacial score (nSPS) is 16.0. The van der Waals surface area contributed by atoms with Gasteiger partial charge in [-0.05, 0) is 26.9 Å². The first-order valence-electron chi connectivity index (χ1n) is 6.95. The maximum atomic E-state index is 11.8. The number of thiophene rings is 1. The van der Waals surface area contributed by atoms with Crippen LogP contribution in [0.3, 0.4) is 0 Å². The van der Waals surface area contributed by atoms with E-state index in [-0.39, 0.29) is 5.91 Å². The molecule has 1 fully saturated rings. The maximum absolute atomic E-state index is 11.8. The van der Waals surface area contributed by atoms with Crippen molar-refractivity contribution in [2.45, 2.75) is 18.9 Å². The van der Waals surface area contributed by atoms with Crippen LogP contribution < -0.4 is 16.0 Å². The number of carbonyl (C=O) groups is 1. The highest BCUT2D eigenvalue weighted by molar-refractivity contribution is 7.19. The summed E-state index contributed by atoms with van der Waals surface area (Å²) in [4.78, 5) is 16.7. The minimum Gasteiger partial charge on any atom is -0.396 e. The van der Waals surface area contributed by atoms with E-state index in [1.54, 1.807) is 7.05 Å². The van der Waals surface area contributed by atoms with Crippen molar-refractivity contribution < 1.29 is 4.79 Å². The summed E-state index contributed by atoms with van der Waals surface area (Å²) in [5.41, 5.74) is 6.70. The van der Waals surface area contributed by atoms with Crippen LogP contribution in [-0.2, 0) is 0 Å². The number of piperidine rings is 1. The van der Waals surface area contributed by atoms with Gasteiger partial charge in [0.1, 0.15) is 21.5 Å². The summed E-state index contributed by atoms with van der Waals surface area (Å²) in [6.45, 7) is 1.76. The van der Waals surface area contributed by atoms with Gasteiger partial charge < -0.3 is 20.9 Å². The molecule has 1 aromatic heterocycles. The van der Waals surface area contributed by atoms with Crippen LogP contribution in [0.1, 0.15) is 28.1 Å². The second-order valence-corrected chi connectivity index (χ2v) is 6.40. The molecule has 0 radical (unpaired) electrons. The Labute approximate surface area is 129 Å². The Morgan fingerprint density at radius 3 is 2.57 bits per heavy atom. The number of nitrogens with one attached hydrogen (secondary N) is 1. The monoisotopic (exact) mass is 307 g/mol. The number of hydrogen-bond donors (Lipinski definition) is 2. The highest BCUT2D eigenvalue weighted by Crippen LogP contribution is 2.39. The zero-order chi connectivity index (χ0) is 15.6. The molecule has 6 nitrogen and oxygen atoms in total. The van der Waals surface area contributed by atoms with E-state index in [1.165, 1.54) is 11.3 Å². The molecule has 21 heavy (non-hydrogen) atoms. The van der Waals surface area contributed by atoms with E-state index in [4.69, 9.17) is 5.73 Å². The number of hydrogen-bond acceptors (Lipinski definition) is 6. The van der Waals surface area contributed by atoms with Gasteiger partial charge in [0, 0.05) is 26.2 Å². The smallest absolute Gasteiger partial charge is 0.263 e. The van der Waals surface area contributed by atoms with E-state index < -0.39 is 0 Å². The fourth-order valence-electron chi connectivity index (χ4n) is 2.63. The maximum Gasteiger partial charge on any atom is 0.263 e. The van der Waals surface area contributed by atoms with Crippen LogP contribution in [0.25, 0.3) is 0 Å². The lowest BCUT2D eigenvalue weighted by atomic mass is 10.0. The molecule has 1 amide bonds. The number of nitriles is 1. The molecule has 7 heteroatoms. The topological polar surface area (TPSA) is 85.4 Å². The van der Waals surface area contributed by atoms with Crippen LogP contribution in [0, 0.1) is 11.3 Å². The summed E-state index contributed by atoms with van der Waals surface area (Å²) in [5.74, 6) is -0.233. The second kappa shape index (κ2) is 6.33. The van der Waals surface area contributed by atoms with Crippen LogP contribution in [-0.4, -0.2) is 51.1 Å². The average molecular weight is 307 g/mol. The van der Waals surface area contributed by atoms with Crippen molar-refractivity contribution in [2.24, 2.45) is 0 Å². The first kappa shape index (κ1) is 15.6. The van der Waals surface area contributed by atoms with Crippen LogP contribution in [0.5, 0.6) is 0 Å². The van der Waals surface area contributed by atoms with Crippen molar-refractivity contribution in [3.63, 3.8) is 0 Å². The number of rotatable bonds is 3. The van der Waals surface area contributed by atoms with Crippen molar-refractivity contribution in [1.82, 2.24) is 10.2 Å². The minimum absolute atomic E-state index is 0.233. The van der Waals surface area contributed by atoms with Gasteiger partial charge in [-0.1, -0.05) is 0 Å². The predicted octanol–water partition coefficient (Wildman–Crippen LogP) is 1.09. The molecule has 114 valence electrons. The Morgan fingerprint density at radius 2 is 2.10 bits per heavy atom. The number of anilines is 2. The second-order valence-electron chi connectivity index (χ2n) is 5.40. The predicted molar refractivity (Wildman–Crippen MR) is 85.8 cm³/mol. The van der Waals surface area contributed by atoms with Crippen molar-refractivity contribution in [1.29, 1.82) is 5.26 Å². The van der Waals surface area contributed by atoms with E-state index in [1.807, 2.05) is 0 Å². The van der Waals surface area contributed by atoms with Gasteiger partial charge >= 0.3 is 0 Å². The van der Waals surface area contributed by atoms with Crippen molar-refractivity contribution >= 4 is 27.9 Å². The zero-order valence-electron chi connectivity index (χ0n) is 12.6. The molecule has 0 bridgehead atoms. The van der Waals surface area contributed by atoms with E-state index in [9.17, 15) is 10.1 Å². The molecule has 0 spiro atoms. The average Bonchev–Trinajstić information content (AvgIpc) is 2.83. The molecule has 0 aromatic carbocycles. The van der Waals surface area contributed by atoms with Gasteiger partial charge in [0.05, 0.1) is 5.69 Å². The first-order chi connectivity index (χ1) is 9.99. The Morgan fingerprint density at radius 1 is 1.48 bits per heavy atom. The summed E-state index contributed by atoms with van der Waals surface area (Å²) < 4.78 is 0. The molecule has 0 aliphatic carbocycles. The molecule has 0 atom stereocenters. The summed E-state index contributed by atoms with van der Waals surface area (Å²) in [5, 5.41) is 12.7. The largest absolute Gasteiger partial charge is 0.396 e. The summed E-state index contributed by atoms with van der Waals surface area (Å²) >= 11 is 1.31. The SMILES string of the molecule is CNC(=O)c1sc(N2CCC(N(C)C)CC2)c(C#N)c1N. The minimum atomic E-state index is -0.233. The molecule has 3 N–H and O–H groups in total. The highest BCUT2D eigenvalue weighted by Gasteiger charge is 2.27. The van der Waals surface area contributed by atoms with Crippen molar-refractivity contribution in [3.05, 3.63) is 10.4 Å². The van der Waals surface area contributed by atoms with Gasteiger partial charge in [0.15, 0.2) is 0 Å². The lowest BCUT2D eigenvalue weighted by Gasteiger charge is -2.35. The Hall–Kier alpha value is -1.78. The third-order valence-corrected chi connectivity index (χ3v) is 5.22.